The Bertz CT molecular complexity index is 551. The van der Waals surface area contributed by atoms with E-state index in [1.807, 2.05) is 43.4 Å². The predicted molar refractivity (Wildman–Crippen MR) is 109 cm³/mol. The highest BCUT2D eigenvalue weighted by Gasteiger charge is 2.36. The van der Waals surface area contributed by atoms with Crippen LogP contribution in [0.15, 0.2) is 48.6 Å². The quantitative estimate of drug-likeness (QED) is 0.358. The van der Waals surface area contributed by atoms with Gasteiger partial charge in [-0.1, -0.05) is 55.5 Å². The first-order chi connectivity index (χ1) is 13.4. The average Bonchev–Trinajstić information content (AvgIpc) is 3.02. The van der Waals surface area contributed by atoms with Gasteiger partial charge in [0, 0.05) is 12.8 Å². The molecule has 0 saturated carbocycles. The average molecular weight is 395 g/mol. The largest absolute Gasteiger partial charge is 0.481 e. The van der Waals surface area contributed by atoms with Gasteiger partial charge in [0.05, 0.1) is 30.5 Å². The zero-order valence-corrected chi connectivity index (χ0v) is 16.6. The second-order valence-electron chi connectivity index (χ2n) is 6.92. The molecule has 0 radical (unpaired) electrons. The number of aliphatic carboxylic acids is 1. The van der Waals surface area contributed by atoms with Gasteiger partial charge in [0.2, 0.25) is 0 Å². The van der Waals surface area contributed by atoms with E-state index in [1.54, 1.807) is 0 Å². The standard InChI is InChI=1S/C22H34O6/c1-2-3-8-12-20-19(25)16-21(28-20)18(24)15-14-17(23)11-9-6-4-5-7-10-13-22(26)27/h3,5-9,14-15,17-21,23-25H,2,4,10-13,16H2,1H3,(H,26,27)/b7-5-,8-3-,9-6-,15-14+/t17-,18-,19-,20+,21-/m1/s1. The van der Waals surface area contributed by atoms with Crippen LogP contribution < -0.4 is 0 Å². The summed E-state index contributed by atoms with van der Waals surface area (Å²) in [6, 6.07) is 0. The smallest absolute Gasteiger partial charge is 0.303 e. The Balaban J connectivity index is 2.28. The molecule has 0 aromatic rings. The molecular formula is C22H34O6. The maximum absolute atomic E-state index is 10.4. The number of ether oxygens (including phenoxy) is 1. The van der Waals surface area contributed by atoms with Gasteiger partial charge < -0.3 is 25.2 Å². The van der Waals surface area contributed by atoms with Crippen LogP contribution in [0.1, 0.15) is 51.9 Å². The van der Waals surface area contributed by atoms with Crippen molar-refractivity contribution >= 4 is 5.97 Å². The fourth-order valence-electron chi connectivity index (χ4n) is 2.87. The maximum atomic E-state index is 10.4. The highest BCUT2D eigenvalue weighted by molar-refractivity contribution is 5.66. The van der Waals surface area contributed by atoms with Crippen LogP contribution >= 0.6 is 0 Å². The minimum Gasteiger partial charge on any atom is -0.481 e. The summed E-state index contributed by atoms with van der Waals surface area (Å²) in [4.78, 5) is 10.4. The van der Waals surface area contributed by atoms with E-state index < -0.39 is 30.4 Å². The van der Waals surface area contributed by atoms with Crippen LogP contribution in [-0.4, -0.2) is 56.9 Å². The number of hydrogen-bond donors (Lipinski definition) is 4. The molecule has 0 aromatic carbocycles. The highest BCUT2D eigenvalue weighted by Crippen LogP contribution is 2.26. The maximum Gasteiger partial charge on any atom is 0.303 e. The van der Waals surface area contributed by atoms with Crippen LogP contribution in [0, 0.1) is 0 Å². The van der Waals surface area contributed by atoms with Gasteiger partial charge in [-0.25, -0.2) is 0 Å². The van der Waals surface area contributed by atoms with Gasteiger partial charge in [-0.3, -0.25) is 4.79 Å². The first-order valence-corrected chi connectivity index (χ1v) is 9.98. The molecule has 4 N–H and O–H groups in total. The number of aliphatic hydroxyl groups is 3. The van der Waals surface area contributed by atoms with Crippen LogP contribution in [0.25, 0.3) is 0 Å². The van der Waals surface area contributed by atoms with Crippen molar-refractivity contribution in [3.05, 3.63) is 48.6 Å². The van der Waals surface area contributed by atoms with Crippen molar-refractivity contribution in [3.63, 3.8) is 0 Å². The van der Waals surface area contributed by atoms with Gasteiger partial charge in [0.1, 0.15) is 0 Å². The number of aliphatic hydroxyl groups excluding tert-OH is 3. The summed E-state index contributed by atoms with van der Waals surface area (Å²) in [6.07, 6.45) is 15.3. The minimum atomic E-state index is -0.870. The molecule has 0 aliphatic carbocycles. The van der Waals surface area contributed by atoms with Crippen LogP contribution in [0.4, 0.5) is 0 Å². The SMILES string of the molecule is CC/C=C\C[C@@H]1O[C@@H]([C@H](O)/C=C/[C@H](O)C/C=C\C/C=C\CCC(=O)O)C[C@H]1O. The lowest BCUT2D eigenvalue weighted by Crippen LogP contribution is -2.24. The lowest BCUT2D eigenvalue weighted by molar-refractivity contribution is -0.136. The molecular weight excluding hydrogens is 360 g/mol. The fraction of sp³-hybridized carbons (Fsp3) is 0.591. The van der Waals surface area contributed by atoms with Crippen LogP contribution in [0.3, 0.4) is 0 Å². The lowest BCUT2D eigenvalue weighted by Gasteiger charge is -2.16. The van der Waals surface area contributed by atoms with Gasteiger partial charge in [-0.2, -0.15) is 0 Å². The summed E-state index contributed by atoms with van der Waals surface area (Å²) in [5, 5.41) is 38.7. The summed E-state index contributed by atoms with van der Waals surface area (Å²) in [5.74, 6) is -0.807. The Morgan fingerprint density at radius 3 is 2.57 bits per heavy atom. The Labute approximate surface area is 167 Å². The Hall–Kier alpha value is -1.73. The van der Waals surface area contributed by atoms with E-state index in [2.05, 4.69) is 0 Å². The molecule has 0 unspecified atom stereocenters. The van der Waals surface area contributed by atoms with Crippen molar-refractivity contribution in [1.82, 2.24) is 0 Å². The van der Waals surface area contributed by atoms with E-state index in [-0.39, 0.29) is 12.5 Å². The van der Waals surface area contributed by atoms with Gasteiger partial charge in [-0.15, -0.1) is 0 Å². The molecule has 0 bridgehead atoms. The molecule has 1 fully saturated rings. The molecule has 1 saturated heterocycles. The van der Waals surface area contributed by atoms with E-state index >= 15 is 0 Å². The molecule has 0 amide bonds. The zero-order valence-electron chi connectivity index (χ0n) is 16.6. The van der Waals surface area contributed by atoms with Gasteiger partial charge in [-0.05, 0) is 32.1 Å². The highest BCUT2D eigenvalue weighted by atomic mass is 16.5. The van der Waals surface area contributed by atoms with Gasteiger partial charge in [0.15, 0.2) is 0 Å². The number of carbonyl (C=O) groups is 1. The molecule has 1 aliphatic heterocycles. The van der Waals surface area contributed by atoms with Crippen molar-refractivity contribution in [2.24, 2.45) is 0 Å². The topological polar surface area (TPSA) is 107 Å². The summed E-state index contributed by atoms with van der Waals surface area (Å²) in [5.41, 5.74) is 0. The van der Waals surface area contributed by atoms with Crippen LogP contribution in [0.2, 0.25) is 0 Å². The number of rotatable bonds is 13. The van der Waals surface area contributed by atoms with E-state index in [4.69, 9.17) is 9.84 Å². The van der Waals surface area contributed by atoms with Gasteiger partial charge in [0.25, 0.3) is 0 Å². The second-order valence-corrected chi connectivity index (χ2v) is 6.92. The third kappa shape index (κ3) is 10.6. The molecule has 1 rings (SSSR count). The normalized spacial score (nSPS) is 25.5. The summed E-state index contributed by atoms with van der Waals surface area (Å²) in [6.45, 7) is 2.04. The molecule has 5 atom stereocenters. The Morgan fingerprint density at radius 2 is 1.86 bits per heavy atom. The molecule has 6 heteroatoms. The summed E-state index contributed by atoms with van der Waals surface area (Å²) in [7, 11) is 0. The van der Waals surface area contributed by atoms with E-state index in [0.29, 0.717) is 32.1 Å². The fourth-order valence-corrected chi connectivity index (χ4v) is 2.87. The third-order valence-corrected chi connectivity index (χ3v) is 4.44. The molecule has 1 heterocycles. The van der Waals surface area contributed by atoms with Crippen molar-refractivity contribution < 1.29 is 30.0 Å². The number of hydrogen-bond acceptors (Lipinski definition) is 5. The predicted octanol–water partition coefficient (Wildman–Crippen LogP) is 2.90. The zero-order chi connectivity index (χ0) is 20.8. The van der Waals surface area contributed by atoms with Crippen LogP contribution in [0.5, 0.6) is 0 Å². The number of carboxylic acids is 1. The van der Waals surface area contributed by atoms with Crippen LogP contribution in [-0.2, 0) is 9.53 Å². The minimum absolute atomic E-state index is 0.129. The second kappa shape index (κ2) is 14.3. The van der Waals surface area contributed by atoms with Crippen molar-refractivity contribution in [1.29, 1.82) is 0 Å². The number of carboxylic acid groups (broad SMARTS) is 1. The van der Waals surface area contributed by atoms with E-state index in [0.717, 1.165) is 6.42 Å². The van der Waals surface area contributed by atoms with Crippen molar-refractivity contribution in [2.45, 2.75) is 82.4 Å². The number of allylic oxidation sites excluding steroid dienone is 4. The molecule has 158 valence electrons. The summed E-state index contributed by atoms with van der Waals surface area (Å²) < 4.78 is 5.73. The van der Waals surface area contributed by atoms with Crippen molar-refractivity contribution in [2.75, 3.05) is 0 Å². The third-order valence-electron chi connectivity index (χ3n) is 4.44. The lowest BCUT2D eigenvalue weighted by atomic mass is 10.0. The molecule has 0 aromatic heterocycles. The summed E-state index contributed by atoms with van der Waals surface area (Å²) >= 11 is 0. The first kappa shape index (κ1) is 24.3. The molecule has 28 heavy (non-hydrogen) atoms. The molecule has 6 nitrogen and oxygen atoms in total. The van der Waals surface area contributed by atoms with E-state index in [9.17, 15) is 20.1 Å². The van der Waals surface area contributed by atoms with Crippen molar-refractivity contribution in [3.8, 4) is 0 Å². The molecule has 1 aliphatic rings. The molecule has 0 spiro atoms. The van der Waals surface area contributed by atoms with E-state index in [1.165, 1.54) is 12.2 Å². The first-order valence-electron chi connectivity index (χ1n) is 9.98. The Kier molecular flexibility index (Phi) is 12.4. The van der Waals surface area contributed by atoms with Gasteiger partial charge >= 0.3 is 5.97 Å². The monoisotopic (exact) mass is 394 g/mol. The Morgan fingerprint density at radius 1 is 1.11 bits per heavy atom.